The second-order valence-electron chi connectivity index (χ2n) is 6.38. The first kappa shape index (κ1) is 19.9. The Balaban J connectivity index is 1.85. The molecule has 0 aliphatic rings. The molecule has 0 spiro atoms. The number of halogens is 1. The van der Waals surface area contributed by atoms with Gasteiger partial charge in [0.15, 0.2) is 0 Å². The maximum absolute atomic E-state index is 12.8. The lowest BCUT2D eigenvalue weighted by molar-refractivity contribution is 0.102. The quantitative estimate of drug-likeness (QED) is 0.558. The Kier molecular flexibility index (Phi) is 6.69. The van der Waals surface area contributed by atoms with Crippen LogP contribution in [0.1, 0.15) is 40.9 Å². The van der Waals surface area contributed by atoms with Crippen LogP contribution in [0.4, 0.5) is 5.69 Å². The summed E-state index contributed by atoms with van der Waals surface area (Å²) in [5.74, 6) is 0.362. The molecule has 0 aliphatic carbocycles. The predicted molar refractivity (Wildman–Crippen MR) is 112 cm³/mol. The van der Waals surface area contributed by atoms with Gasteiger partial charge in [0.1, 0.15) is 11.9 Å². The molecule has 2 N–H and O–H groups in total. The van der Waals surface area contributed by atoms with Gasteiger partial charge in [-0.2, -0.15) is 0 Å². The van der Waals surface area contributed by atoms with Crippen molar-refractivity contribution in [2.24, 2.45) is 0 Å². The van der Waals surface area contributed by atoms with Gasteiger partial charge in [-0.05, 0) is 48.4 Å². The van der Waals surface area contributed by atoms with Crippen LogP contribution in [-0.2, 0) is 0 Å². The van der Waals surface area contributed by atoms with Crippen molar-refractivity contribution >= 4 is 23.2 Å². The van der Waals surface area contributed by atoms with Crippen LogP contribution in [-0.4, -0.2) is 17.6 Å². The number of ether oxygens (including phenoxy) is 1. The molecular formula is C23H22ClNO3. The lowest BCUT2D eigenvalue weighted by atomic mass is 9.99. The highest BCUT2D eigenvalue weighted by atomic mass is 35.5. The third kappa shape index (κ3) is 4.91. The van der Waals surface area contributed by atoms with Crippen LogP contribution in [0.3, 0.4) is 0 Å². The molecule has 3 aromatic rings. The van der Waals surface area contributed by atoms with Crippen LogP contribution in [0.2, 0.25) is 5.02 Å². The van der Waals surface area contributed by atoms with E-state index < -0.39 is 6.10 Å². The molecule has 3 aromatic carbocycles. The normalized spacial score (nSPS) is 11.7. The number of carbonyl (C=O) groups excluding carboxylic acids is 1. The zero-order valence-corrected chi connectivity index (χ0v) is 16.3. The van der Waals surface area contributed by atoms with E-state index in [1.54, 1.807) is 36.4 Å². The number of nitrogens with one attached hydrogen (secondary N) is 1. The van der Waals surface area contributed by atoms with Crippen molar-refractivity contribution in [1.29, 1.82) is 0 Å². The van der Waals surface area contributed by atoms with Crippen LogP contribution in [0.25, 0.3) is 0 Å². The minimum Gasteiger partial charge on any atom is -0.494 e. The summed E-state index contributed by atoms with van der Waals surface area (Å²) in [4.78, 5) is 12.8. The number of rotatable bonds is 7. The summed E-state index contributed by atoms with van der Waals surface area (Å²) >= 11 is 6.13. The average molecular weight is 396 g/mol. The molecule has 0 heterocycles. The van der Waals surface area contributed by atoms with Crippen molar-refractivity contribution in [1.82, 2.24) is 0 Å². The maximum Gasteiger partial charge on any atom is 0.255 e. The zero-order chi connectivity index (χ0) is 19.9. The van der Waals surface area contributed by atoms with Gasteiger partial charge >= 0.3 is 0 Å². The molecule has 5 heteroatoms. The van der Waals surface area contributed by atoms with Crippen LogP contribution in [0.15, 0.2) is 72.8 Å². The summed E-state index contributed by atoms with van der Waals surface area (Å²) in [5, 5.41) is 14.2. The molecule has 3 rings (SSSR count). The third-order valence-electron chi connectivity index (χ3n) is 4.24. The molecule has 0 aliphatic heterocycles. The van der Waals surface area contributed by atoms with E-state index in [0.29, 0.717) is 34.2 Å². The number of aliphatic hydroxyl groups is 1. The second kappa shape index (κ2) is 9.40. The number of hydrogen-bond donors (Lipinski definition) is 2. The van der Waals surface area contributed by atoms with Gasteiger partial charge in [0, 0.05) is 21.8 Å². The second-order valence-corrected chi connectivity index (χ2v) is 6.81. The standard InChI is InChI=1S/C23H22ClNO3/c1-2-13-28-19-10-6-9-17(14-19)23(27)25-21-12-11-18(24)15-20(21)22(26)16-7-4-3-5-8-16/h3-12,14-15,22,26H,2,13H2,1H3,(H,25,27)/t22-/m0/s1. The molecule has 0 radical (unpaired) electrons. The zero-order valence-electron chi connectivity index (χ0n) is 15.6. The van der Waals surface area contributed by atoms with Crippen molar-refractivity contribution in [2.75, 3.05) is 11.9 Å². The van der Waals surface area contributed by atoms with Crippen molar-refractivity contribution in [3.63, 3.8) is 0 Å². The van der Waals surface area contributed by atoms with Crippen molar-refractivity contribution < 1.29 is 14.6 Å². The van der Waals surface area contributed by atoms with Crippen LogP contribution >= 0.6 is 11.6 Å². The summed E-state index contributed by atoms with van der Waals surface area (Å²) < 4.78 is 5.59. The van der Waals surface area contributed by atoms with Crippen molar-refractivity contribution in [3.05, 3.63) is 94.5 Å². The number of benzene rings is 3. The van der Waals surface area contributed by atoms with Gasteiger partial charge in [-0.3, -0.25) is 4.79 Å². The van der Waals surface area contributed by atoms with Crippen LogP contribution < -0.4 is 10.1 Å². The Morgan fingerprint density at radius 2 is 1.86 bits per heavy atom. The maximum atomic E-state index is 12.8. The van der Waals surface area contributed by atoms with E-state index in [-0.39, 0.29) is 5.91 Å². The fraction of sp³-hybridized carbons (Fsp3) is 0.174. The molecule has 1 amide bonds. The molecule has 0 aromatic heterocycles. The average Bonchev–Trinajstić information content (AvgIpc) is 2.73. The monoisotopic (exact) mass is 395 g/mol. The van der Waals surface area contributed by atoms with E-state index in [2.05, 4.69) is 5.32 Å². The molecule has 4 nitrogen and oxygen atoms in total. The van der Waals surface area contributed by atoms with Crippen molar-refractivity contribution in [3.8, 4) is 5.75 Å². The Labute approximate surface area is 169 Å². The van der Waals surface area contributed by atoms with Gasteiger partial charge in [-0.25, -0.2) is 0 Å². The molecule has 0 bridgehead atoms. The van der Waals surface area contributed by atoms with E-state index in [0.717, 1.165) is 12.0 Å². The molecule has 144 valence electrons. The predicted octanol–water partition coefficient (Wildman–Crippen LogP) is 5.46. The van der Waals surface area contributed by atoms with Gasteiger partial charge in [0.25, 0.3) is 5.91 Å². The van der Waals surface area contributed by atoms with Crippen LogP contribution in [0, 0.1) is 0 Å². The highest BCUT2D eigenvalue weighted by Gasteiger charge is 2.17. The summed E-state index contributed by atoms with van der Waals surface area (Å²) in [5.41, 5.74) is 2.23. The number of carbonyl (C=O) groups is 1. The first-order valence-corrected chi connectivity index (χ1v) is 9.53. The van der Waals surface area contributed by atoms with Gasteiger partial charge in [-0.15, -0.1) is 0 Å². The SMILES string of the molecule is CCCOc1cccc(C(=O)Nc2ccc(Cl)cc2[C@@H](O)c2ccccc2)c1. The number of hydrogen-bond acceptors (Lipinski definition) is 3. The smallest absolute Gasteiger partial charge is 0.255 e. The highest BCUT2D eigenvalue weighted by Crippen LogP contribution is 2.31. The molecule has 1 atom stereocenters. The van der Waals surface area contributed by atoms with E-state index >= 15 is 0 Å². The summed E-state index contributed by atoms with van der Waals surface area (Å²) in [6.07, 6.45) is -0.0171. The van der Waals surface area contributed by atoms with Gasteiger partial charge in [0.05, 0.1) is 6.61 Å². The molecule has 0 saturated heterocycles. The van der Waals surface area contributed by atoms with E-state index in [9.17, 15) is 9.90 Å². The van der Waals surface area contributed by atoms with Gasteiger partial charge in [-0.1, -0.05) is 54.9 Å². The lowest BCUT2D eigenvalue weighted by Gasteiger charge is -2.17. The van der Waals surface area contributed by atoms with Crippen LogP contribution in [0.5, 0.6) is 5.75 Å². The van der Waals surface area contributed by atoms with E-state index in [1.807, 2.05) is 43.3 Å². The van der Waals surface area contributed by atoms with Gasteiger partial charge in [0.2, 0.25) is 0 Å². The Morgan fingerprint density at radius 3 is 2.61 bits per heavy atom. The van der Waals surface area contributed by atoms with E-state index in [1.165, 1.54) is 0 Å². The summed E-state index contributed by atoms with van der Waals surface area (Å²) in [6, 6.07) is 21.3. The minimum absolute atomic E-state index is 0.286. The molecule has 0 fully saturated rings. The molecule has 0 unspecified atom stereocenters. The number of anilines is 1. The molecule has 0 saturated carbocycles. The Morgan fingerprint density at radius 1 is 1.07 bits per heavy atom. The number of amides is 1. The first-order chi connectivity index (χ1) is 13.6. The van der Waals surface area contributed by atoms with Crippen molar-refractivity contribution in [2.45, 2.75) is 19.4 Å². The van der Waals surface area contributed by atoms with E-state index in [4.69, 9.17) is 16.3 Å². The highest BCUT2D eigenvalue weighted by molar-refractivity contribution is 6.30. The molecule has 28 heavy (non-hydrogen) atoms. The lowest BCUT2D eigenvalue weighted by Crippen LogP contribution is -2.15. The fourth-order valence-electron chi connectivity index (χ4n) is 2.83. The third-order valence-corrected chi connectivity index (χ3v) is 4.48. The summed E-state index contributed by atoms with van der Waals surface area (Å²) in [7, 11) is 0. The molecular weight excluding hydrogens is 374 g/mol. The first-order valence-electron chi connectivity index (χ1n) is 9.15. The minimum atomic E-state index is -0.908. The largest absolute Gasteiger partial charge is 0.494 e. The fourth-order valence-corrected chi connectivity index (χ4v) is 3.01. The summed E-state index contributed by atoms with van der Waals surface area (Å²) in [6.45, 7) is 2.62. The topological polar surface area (TPSA) is 58.6 Å². The Bertz CT molecular complexity index is 944. The van der Waals surface area contributed by atoms with Gasteiger partial charge < -0.3 is 15.2 Å². The Hall–Kier alpha value is -2.82. The number of aliphatic hydroxyl groups excluding tert-OH is 1.